The van der Waals surface area contributed by atoms with Gasteiger partial charge in [-0.2, -0.15) is 13.2 Å². The van der Waals surface area contributed by atoms with Crippen LogP contribution in [0.5, 0.6) is 0 Å². The van der Waals surface area contributed by atoms with Crippen molar-refractivity contribution < 1.29 is 22.3 Å². The molecule has 5 nitrogen and oxygen atoms in total. The van der Waals surface area contributed by atoms with E-state index in [1.54, 1.807) is 7.11 Å². The Hall–Kier alpha value is -1.14. The molecule has 1 aromatic rings. The summed E-state index contributed by atoms with van der Waals surface area (Å²) >= 11 is 0. The molecule has 150 valence electrons. The van der Waals surface area contributed by atoms with Gasteiger partial charge in [0.15, 0.2) is 5.96 Å². The Bertz CT molecular complexity index is 570. The number of nitrogens with zero attached hydrogens (tertiary/aromatic N) is 2. The molecule has 1 aromatic carbocycles. The summed E-state index contributed by atoms with van der Waals surface area (Å²) in [5, 5.41) is 5.83. The van der Waals surface area contributed by atoms with Crippen molar-refractivity contribution in [3.63, 3.8) is 0 Å². The van der Waals surface area contributed by atoms with E-state index < -0.39 is 17.6 Å². The Morgan fingerprint density at radius 3 is 2.50 bits per heavy atom. The molecule has 0 atom stereocenters. The molecule has 0 saturated carbocycles. The maximum absolute atomic E-state index is 13.1. The highest BCUT2D eigenvalue weighted by atomic mass is 127. The van der Waals surface area contributed by atoms with Crippen LogP contribution in [-0.4, -0.2) is 58.3 Å². The van der Waals surface area contributed by atoms with Gasteiger partial charge in [0.1, 0.15) is 5.82 Å². The van der Waals surface area contributed by atoms with Gasteiger partial charge in [-0.15, -0.1) is 24.0 Å². The first kappa shape index (κ1) is 24.9. The molecule has 0 aliphatic carbocycles. The summed E-state index contributed by atoms with van der Waals surface area (Å²) in [6.45, 7) is 2.56. The molecule has 0 aliphatic heterocycles. The van der Waals surface area contributed by atoms with Crippen molar-refractivity contribution in [3.05, 3.63) is 35.1 Å². The van der Waals surface area contributed by atoms with Crippen LogP contribution in [0.1, 0.15) is 11.1 Å². The lowest BCUT2D eigenvalue weighted by atomic mass is 10.1. The van der Waals surface area contributed by atoms with Crippen molar-refractivity contribution >= 4 is 29.9 Å². The lowest BCUT2D eigenvalue weighted by Gasteiger charge is -2.18. The zero-order valence-corrected chi connectivity index (χ0v) is 17.3. The molecule has 0 unspecified atom stereocenters. The van der Waals surface area contributed by atoms with E-state index in [4.69, 9.17) is 4.74 Å². The highest BCUT2D eigenvalue weighted by Gasteiger charge is 2.33. The Morgan fingerprint density at radius 1 is 1.23 bits per heavy atom. The van der Waals surface area contributed by atoms with Gasteiger partial charge in [0.2, 0.25) is 0 Å². The number of benzene rings is 1. The number of aliphatic imine (C=N–C) groups is 1. The summed E-state index contributed by atoms with van der Waals surface area (Å²) in [5.41, 5.74) is -1.04. The van der Waals surface area contributed by atoms with Gasteiger partial charge in [-0.05, 0) is 24.7 Å². The molecule has 10 heteroatoms. The standard InChI is InChI=1S/C16H24F4N4O.HI/c1-21-15(22-6-7-24(2)8-9-25-3)23-11-12-4-5-13(17)10-14(12)16(18,19)20;/h4-5,10H,6-9,11H2,1-3H3,(H2,21,22,23);1H. The average Bonchev–Trinajstić information content (AvgIpc) is 2.56. The molecular weight excluding hydrogens is 467 g/mol. The zero-order valence-electron chi connectivity index (χ0n) is 15.0. The molecule has 0 amide bonds. The van der Waals surface area contributed by atoms with Crippen molar-refractivity contribution in [2.45, 2.75) is 12.7 Å². The molecular formula is C16H25F4IN4O. The van der Waals surface area contributed by atoms with E-state index in [9.17, 15) is 17.6 Å². The molecule has 26 heavy (non-hydrogen) atoms. The molecule has 0 spiro atoms. The average molecular weight is 492 g/mol. The summed E-state index contributed by atoms with van der Waals surface area (Å²) in [7, 11) is 5.09. The number of methoxy groups -OCH3 is 1. The molecule has 0 aliphatic rings. The van der Waals surface area contributed by atoms with Gasteiger partial charge in [-0.3, -0.25) is 4.99 Å². The molecule has 2 N–H and O–H groups in total. The van der Waals surface area contributed by atoms with E-state index in [1.807, 2.05) is 11.9 Å². The van der Waals surface area contributed by atoms with Gasteiger partial charge in [0.05, 0.1) is 12.2 Å². The monoisotopic (exact) mass is 492 g/mol. The summed E-state index contributed by atoms with van der Waals surface area (Å²) in [6.07, 6.45) is -4.61. The van der Waals surface area contributed by atoms with Crippen molar-refractivity contribution in [3.8, 4) is 0 Å². The van der Waals surface area contributed by atoms with Crippen LogP contribution in [0.4, 0.5) is 17.6 Å². The Balaban J connectivity index is 0.00000625. The fraction of sp³-hybridized carbons (Fsp3) is 0.562. The van der Waals surface area contributed by atoms with Crippen LogP contribution in [0.25, 0.3) is 0 Å². The number of halogens is 5. The predicted molar refractivity (Wildman–Crippen MR) is 104 cm³/mol. The fourth-order valence-electron chi connectivity index (χ4n) is 2.09. The number of guanidine groups is 1. The highest BCUT2D eigenvalue weighted by Crippen LogP contribution is 2.32. The van der Waals surface area contributed by atoms with Crippen LogP contribution < -0.4 is 10.6 Å². The minimum absolute atomic E-state index is 0. The molecule has 0 radical (unpaired) electrons. The first-order chi connectivity index (χ1) is 11.8. The van der Waals surface area contributed by atoms with Gasteiger partial charge in [0, 0.05) is 40.3 Å². The number of hydrogen-bond acceptors (Lipinski definition) is 3. The molecule has 0 heterocycles. The quantitative estimate of drug-likeness (QED) is 0.254. The van der Waals surface area contributed by atoms with Gasteiger partial charge >= 0.3 is 6.18 Å². The summed E-state index contributed by atoms with van der Waals surface area (Å²) < 4.78 is 57.0. The minimum atomic E-state index is -4.61. The first-order valence-corrected chi connectivity index (χ1v) is 7.75. The molecule has 1 rings (SSSR count). The number of rotatable bonds is 8. The van der Waals surface area contributed by atoms with E-state index in [0.717, 1.165) is 18.7 Å². The van der Waals surface area contributed by atoms with Gasteiger partial charge in [-0.1, -0.05) is 6.07 Å². The van der Waals surface area contributed by atoms with Gasteiger partial charge < -0.3 is 20.3 Å². The Labute approximate surface area is 168 Å². The molecule has 0 fully saturated rings. The number of alkyl halides is 3. The van der Waals surface area contributed by atoms with Crippen LogP contribution >= 0.6 is 24.0 Å². The second kappa shape index (κ2) is 12.3. The highest BCUT2D eigenvalue weighted by molar-refractivity contribution is 14.0. The topological polar surface area (TPSA) is 48.9 Å². The largest absolute Gasteiger partial charge is 0.416 e. The summed E-state index contributed by atoms with van der Waals surface area (Å²) in [6, 6.07) is 2.63. The van der Waals surface area contributed by atoms with E-state index in [2.05, 4.69) is 15.6 Å². The van der Waals surface area contributed by atoms with Gasteiger partial charge in [-0.25, -0.2) is 4.39 Å². The van der Waals surface area contributed by atoms with Crippen LogP contribution in [0.2, 0.25) is 0 Å². The number of likely N-dealkylation sites (N-methyl/N-ethyl adjacent to an activating group) is 1. The second-order valence-electron chi connectivity index (χ2n) is 5.45. The minimum Gasteiger partial charge on any atom is -0.383 e. The van der Waals surface area contributed by atoms with Crippen molar-refractivity contribution in [2.75, 3.05) is 47.4 Å². The number of ether oxygens (including phenoxy) is 1. The van der Waals surface area contributed by atoms with E-state index in [1.165, 1.54) is 7.05 Å². The zero-order chi connectivity index (χ0) is 18.9. The third-order valence-corrected chi connectivity index (χ3v) is 3.51. The smallest absolute Gasteiger partial charge is 0.383 e. The van der Waals surface area contributed by atoms with E-state index >= 15 is 0 Å². The Morgan fingerprint density at radius 2 is 1.92 bits per heavy atom. The summed E-state index contributed by atoms with van der Waals surface area (Å²) in [5.74, 6) is -0.546. The van der Waals surface area contributed by atoms with E-state index in [0.29, 0.717) is 31.7 Å². The van der Waals surface area contributed by atoms with Crippen LogP contribution in [0, 0.1) is 5.82 Å². The maximum Gasteiger partial charge on any atom is 0.416 e. The van der Waals surface area contributed by atoms with Gasteiger partial charge in [0.25, 0.3) is 0 Å². The lowest BCUT2D eigenvalue weighted by Crippen LogP contribution is -2.41. The first-order valence-electron chi connectivity index (χ1n) is 7.75. The normalized spacial score (nSPS) is 12.1. The number of nitrogens with one attached hydrogen (secondary N) is 2. The third kappa shape index (κ3) is 8.99. The molecule has 0 aromatic heterocycles. The maximum atomic E-state index is 13.1. The Kier molecular flexibility index (Phi) is 11.7. The SMILES string of the molecule is CN=C(NCCN(C)CCOC)NCc1ccc(F)cc1C(F)(F)F.I. The van der Waals surface area contributed by atoms with E-state index in [-0.39, 0.29) is 36.1 Å². The van der Waals surface area contributed by atoms with Crippen molar-refractivity contribution in [2.24, 2.45) is 4.99 Å². The summed E-state index contributed by atoms with van der Waals surface area (Å²) in [4.78, 5) is 6.01. The molecule has 0 bridgehead atoms. The van der Waals surface area contributed by atoms with Crippen LogP contribution in [0.15, 0.2) is 23.2 Å². The third-order valence-electron chi connectivity index (χ3n) is 3.51. The number of hydrogen-bond donors (Lipinski definition) is 2. The second-order valence-corrected chi connectivity index (χ2v) is 5.45. The fourth-order valence-corrected chi connectivity index (χ4v) is 2.09. The lowest BCUT2D eigenvalue weighted by molar-refractivity contribution is -0.138. The van der Waals surface area contributed by atoms with Crippen LogP contribution in [-0.2, 0) is 17.5 Å². The van der Waals surface area contributed by atoms with Crippen LogP contribution in [0.3, 0.4) is 0 Å². The predicted octanol–water partition coefficient (Wildman–Crippen LogP) is 2.71. The van der Waals surface area contributed by atoms with Crippen molar-refractivity contribution in [1.29, 1.82) is 0 Å². The van der Waals surface area contributed by atoms with Crippen molar-refractivity contribution in [1.82, 2.24) is 15.5 Å². The molecule has 0 saturated heterocycles.